The zero-order valence-electron chi connectivity index (χ0n) is 2.56. The van der Waals surface area contributed by atoms with Crippen molar-refractivity contribution in [3.8, 4) is 0 Å². The minimum absolute atomic E-state index is 0.169. The van der Waals surface area contributed by atoms with E-state index < -0.39 is 0 Å². The zero-order valence-corrected chi connectivity index (χ0v) is 3.45. The molecule has 0 radical (unpaired) electrons. The Balaban J connectivity index is 2.62. The van der Waals surface area contributed by atoms with Crippen molar-refractivity contribution in [3.05, 3.63) is 0 Å². The van der Waals surface area contributed by atoms with Gasteiger partial charge in [0, 0.05) is 0 Å². The van der Waals surface area contributed by atoms with Crippen LogP contribution in [0, 0.1) is 0 Å². The van der Waals surface area contributed by atoms with Gasteiger partial charge in [0.2, 0.25) is 0 Å². The van der Waals surface area contributed by atoms with Crippen LogP contribution in [0.2, 0.25) is 0 Å². The predicted molar refractivity (Wildman–Crippen MR) is 21.2 cm³/mol. The van der Waals surface area contributed by atoms with E-state index in [9.17, 15) is 4.20 Å². The lowest BCUT2D eigenvalue weighted by molar-refractivity contribution is 0.363. The summed E-state index contributed by atoms with van der Waals surface area (Å²) < 4.78 is 10.8. The third-order valence-corrected chi connectivity index (χ3v) is 0.452. The molecule has 0 heterocycles. The topological polar surface area (TPSA) is 20.2 Å². The standard InChI is InChI=1S/C2H4FOP/c3-5-2-1-4/h2,4H,1H2. The van der Waals surface area contributed by atoms with Gasteiger partial charge >= 0.3 is 0 Å². The molecule has 0 saturated carbocycles. The van der Waals surface area contributed by atoms with Gasteiger partial charge in [-0.15, -0.1) is 0 Å². The van der Waals surface area contributed by atoms with E-state index in [0.29, 0.717) is 0 Å². The van der Waals surface area contributed by atoms with E-state index in [4.69, 9.17) is 5.11 Å². The van der Waals surface area contributed by atoms with Gasteiger partial charge in [-0.2, -0.15) is 4.20 Å². The summed E-state index contributed by atoms with van der Waals surface area (Å²) in [6.07, 6.45) is 0. The molecule has 0 aliphatic rings. The highest BCUT2D eigenvalue weighted by Crippen LogP contribution is 1.88. The number of rotatable bonds is 1. The maximum atomic E-state index is 10.8. The van der Waals surface area contributed by atoms with E-state index in [1.165, 1.54) is 0 Å². The maximum Gasteiger partial charge on any atom is 0.110 e. The van der Waals surface area contributed by atoms with Crippen molar-refractivity contribution in [2.45, 2.75) is 0 Å². The average molecular weight is 94.0 g/mol. The van der Waals surface area contributed by atoms with E-state index in [1.807, 2.05) is 0 Å². The van der Waals surface area contributed by atoms with E-state index in [1.54, 1.807) is 0 Å². The average Bonchev–Trinajstić information content (AvgIpc) is 1.41. The number of hydrogen-bond acceptors (Lipinski definition) is 1. The van der Waals surface area contributed by atoms with Crippen LogP contribution < -0.4 is 0 Å². The summed E-state index contributed by atoms with van der Waals surface area (Å²) in [5, 5.41) is 7.76. The van der Waals surface area contributed by atoms with Crippen LogP contribution >= 0.6 is 8.51 Å². The largest absolute Gasteiger partial charge is 0.392 e. The van der Waals surface area contributed by atoms with E-state index in [-0.39, 0.29) is 15.1 Å². The van der Waals surface area contributed by atoms with Crippen LogP contribution in [0.3, 0.4) is 0 Å². The van der Waals surface area contributed by atoms with E-state index in [0.717, 1.165) is 5.80 Å². The van der Waals surface area contributed by atoms with Crippen LogP contribution in [-0.4, -0.2) is 17.5 Å². The Kier molecular flexibility index (Phi) is 4.11. The van der Waals surface area contributed by atoms with Crippen molar-refractivity contribution in [1.29, 1.82) is 0 Å². The second-order valence-electron chi connectivity index (χ2n) is 0.463. The summed E-state index contributed by atoms with van der Waals surface area (Å²) in [6.45, 7) is -0.169. The van der Waals surface area contributed by atoms with Gasteiger partial charge in [-0.1, -0.05) is 0 Å². The summed E-state index contributed by atoms with van der Waals surface area (Å²) in [5.41, 5.74) is 0. The molecule has 0 aliphatic heterocycles. The van der Waals surface area contributed by atoms with Crippen LogP contribution in [0.4, 0.5) is 4.20 Å². The Morgan fingerprint density at radius 3 is 2.60 bits per heavy atom. The summed E-state index contributed by atoms with van der Waals surface area (Å²) in [6, 6.07) is 0. The lowest BCUT2D eigenvalue weighted by atomic mass is 10.9. The van der Waals surface area contributed by atoms with Gasteiger partial charge in [0.25, 0.3) is 0 Å². The van der Waals surface area contributed by atoms with Crippen molar-refractivity contribution in [2.24, 2.45) is 0 Å². The van der Waals surface area contributed by atoms with Crippen molar-refractivity contribution < 1.29 is 9.30 Å². The fraction of sp³-hybridized carbons (Fsp3) is 0.500. The zero-order chi connectivity index (χ0) is 4.12. The van der Waals surface area contributed by atoms with Crippen molar-refractivity contribution in [2.75, 3.05) is 6.61 Å². The second-order valence-corrected chi connectivity index (χ2v) is 1.02. The van der Waals surface area contributed by atoms with Crippen LogP contribution in [0.25, 0.3) is 0 Å². The van der Waals surface area contributed by atoms with Gasteiger partial charge in [0.15, 0.2) is 0 Å². The SMILES string of the molecule is OC/C=P\F. The molecule has 1 nitrogen and oxygen atoms in total. The first-order valence-corrected chi connectivity index (χ1v) is 2.01. The molecule has 0 aromatic carbocycles. The van der Waals surface area contributed by atoms with Crippen molar-refractivity contribution in [3.63, 3.8) is 0 Å². The molecule has 0 fully saturated rings. The van der Waals surface area contributed by atoms with Gasteiger partial charge < -0.3 is 5.11 Å². The second kappa shape index (κ2) is 4.06. The third kappa shape index (κ3) is 4.06. The fourth-order valence-electron chi connectivity index (χ4n) is 0.0309. The molecule has 0 atom stereocenters. The monoisotopic (exact) mass is 94.0 g/mol. The molecule has 0 amide bonds. The highest BCUT2D eigenvalue weighted by Gasteiger charge is 1.57. The third-order valence-electron chi connectivity index (χ3n) is 0.151. The molecule has 0 saturated heterocycles. The first-order valence-electron chi connectivity index (χ1n) is 1.15. The van der Waals surface area contributed by atoms with Gasteiger partial charge in [-0.25, -0.2) is 0 Å². The highest BCUT2D eigenvalue weighted by molar-refractivity contribution is 7.32. The fourth-order valence-corrected chi connectivity index (χ4v) is 0.0926. The Morgan fingerprint density at radius 2 is 2.60 bits per heavy atom. The summed E-state index contributed by atoms with van der Waals surface area (Å²) in [4.78, 5) is 0. The number of aliphatic hydroxyl groups is 1. The van der Waals surface area contributed by atoms with Crippen LogP contribution in [0.1, 0.15) is 0 Å². The number of halogens is 1. The molecule has 1 N–H and O–H groups in total. The van der Waals surface area contributed by atoms with Crippen LogP contribution in [0.5, 0.6) is 0 Å². The Morgan fingerprint density at radius 1 is 2.00 bits per heavy atom. The normalized spacial score (nSPS) is 10.0. The molecule has 0 unspecified atom stereocenters. The minimum Gasteiger partial charge on any atom is -0.392 e. The number of hydrogen-bond donors (Lipinski definition) is 1. The maximum absolute atomic E-state index is 10.8. The molecule has 30 valence electrons. The minimum atomic E-state index is -0.345. The molecule has 0 aromatic heterocycles. The predicted octanol–water partition coefficient (Wildman–Crippen LogP) is 0.612. The van der Waals surface area contributed by atoms with E-state index in [2.05, 4.69) is 0 Å². The lowest BCUT2D eigenvalue weighted by Crippen LogP contribution is -1.72. The first kappa shape index (κ1) is 5.06. The van der Waals surface area contributed by atoms with Crippen LogP contribution in [-0.2, 0) is 0 Å². The summed E-state index contributed by atoms with van der Waals surface area (Å²) in [7, 11) is -0.345. The molecule has 0 bridgehead atoms. The number of aliphatic hydroxyl groups excluding tert-OH is 1. The van der Waals surface area contributed by atoms with E-state index >= 15 is 0 Å². The van der Waals surface area contributed by atoms with Gasteiger partial charge in [0.1, 0.15) is 8.51 Å². The highest BCUT2D eigenvalue weighted by atomic mass is 31.1. The molecule has 5 heavy (non-hydrogen) atoms. The Hall–Kier alpha value is 0.0600. The molecule has 0 aromatic rings. The summed E-state index contributed by atoms with van der Waals surface area (Å²) in [5.74, 6) is 1.11. The molecular formula is C2H4FOP. The summed E-state index contributed by atoms with van der Waals surface area (Å²) >= 11 is 0. The van der Waals surface area contributed by atoms with Gasteiger partial charge in [-0.05, 0) is 5.80 Å². The van der Waals surface area contributed by atoms with Gasteiger partial charge in [-0.3, -0.25) is 0 Å². The van der Waals surface area contributed by atoms with Crippen molar-refractivity contribution in [1.82, 2.24) is 0 Å². The van der Waals surface area contributed by atoms with Gasteiger partial charge in [0.05, 0.1) is 6.61 Å². The smallest absolute Gasteiger partial charge is 0.110 e. The van der Waals surface area contributed by atoms with Crippen LogP contribution in [0.15, 0.2) is 0 Å². The Labute approximate surface area is 31.4 Å². The quantitative estimate of drug-likeness (QED) is 0.472. The molecule has 0 spiro atoms. The molecular weight excluding hydrogens is 90.0 g/mol. The molecule has 0 aliphatic carbocycles. The van der Waals surface area contributed by atoms with Crippen molar-refractivity contribution >= 4 is 14.3 Å². The first-order chi connectivity index (χ1) is 2.41. The Bertz CT molecular complexity index is 36.6. The molecule has 0 rings (SSSR count). The lowest BCUT2D eigenvalue weighted by Gasteiger charge is -1.62. The molecule has 3 heteroatoms.